The third-order valence-electron chi connectivity index (χ3n) is 4.03. The fourth-order valence-corrected chi connectivity index (χ4v) is 3.33. The van der Waals surface area contributed by atoms with Crippen LogP contribution in [0.25, 0.3) is 0 Å². The van der Waals surface area contributed by atoms with Gasteiger partial charge in [-0.3, -0.25) is 4.99 Å². The molecule has 0 saturated heterocycles. The molecule has 5 nitrogen and oxygen atoms in total. The standard InChI is InChI=1S/C19H28FN5S.HI/c1-6-21-19(25(5)12-17-13-26-14(2)23-17)22-11-18(24(3)4)15-8-7-9-16(20)10-15;/h7-10,13,18H,6,11-12H2,1-5H3,(H,21,22);1H. The molecular weight excluding hydrogens is 476 g/mol. The van der Waals surface area contributed by atoms with Crippen molar-refractivity contribution < 1.29 is 4.39 Å². The molecule has 1 heterocycles. The highest BCUT2D eigenvalue weighted by molar-refractivity contribution is 14.0. The molecule has 1 atom stereocenters. The van der Waals surface area contributed by atoms with Crippen molar-refractivity contribution in [3.05, 3.63) is 51.7 Å². The largest absolute Gasteiger partial charge is 0.357 e. The van der Waals surface area contributed by atoms with Gasteiger partial charge in [-0.05, 0) is 45.6 Å². The predicted octanol–water partition coefficient (Wildman–Crippen LogP) is 3.91. The Bertz CT molecular complexity index is 734. The van der Waals surface area contributed by atoms with E-state index in [1.165, 1.54) is 6.07 Å². The number of hydrogen-bond donors (Lipinski definition) is 1. The van der Waals surface area contributed by atoms with E-state index in [4.69, 9.17) is 4.99 Å². The van der Waals surface area contributed by atoms with E-state index in [0.29, 0.717) is 13.1 Å². The highest BCUT2D eigenvalue weighted by Gasteiger charge is 2.16. The Balaban J connectivity index is 0.00000364. The van der Waals surface area contributed by atoms with Crippen molar-refractivity contribution in [2.24, 2.45) is 4.99 Å². The number of aryl methyl sites for hydroxylation is 1. The van der Waals surface area contributed by atoms with Gasteiger partial charge in [-0.2, -0.15) is 0 Å². The van der Waals surface area contributed by atoms with Gasteiger partial charge in [-0.1, -0.05) is 12.1 Å². The monoisotopic (exact) mass is 505 g/mol. The minimum atomic E-state index is -0.221. The molecule has 0 bridgehead atoms. The lowest BCUT2D eigenvalue weighted by Gasteiger charge is -2.26. The summed E-state index contributed by atoms with van der Waals surface area (Å²) in [5.41, 5.74) is 1.96. The van der Waals surface area contributed by atoms with Gasteiger partial charge in [0.1, 0.15) is 5.82 Å². The fourth-order valence-electron chi connectivity index (χ4n) is 2.72. The zero-order valence-corrected chi connectivity index (χ0v) is 19.7. The van der Waals surface area contributed by atoms with E-state index in [2.05, 4.69) is 25.5 Å². The van der Waals surface area contributed by atoms with Gasteiger partial charge in [0.25, 0.3) is 0 Å². The van der Waals surface area contributed by atoms with E-state index in [9.17, 15) is 4.39 Å². The molecule has 0 aliphatic rings. The zero-order valence-electron chi connectivity index (χ0n) is 16.6. The molecule has 1 aromatic carbocycles. The molecule has 1 N–H and O–H groups in total. The fraction of sp³-hybridized carbons (Fsp3) is 0.474. The van der Waals surface area contributed by atoms with Gasteiger partial charge in [0.2, 0.25) is 0 Å². The molecule has 0 saturated carbocycles. The molecule has 0 aliphatic heterocycles. The van der Waals surface area contributed by atoms with E-state index >= 15 is 0 Å². The molecule has 1 unspecified atom stereocenters. The summed E-state index contributed by atoms with van der Waals surface area (Å²) in [7, 11) is 5.97. The molecule has 1 aromatic heterocycles. The van der Waals surface area contributed by atoms with Crippen molar-refractivity contribution in [1.29, 1.82) is 0 Å². The SMILES string of the molecule is CCNC(=NCC(c1cccc(F)c1)N(C)C)N(C)Cc1csc(C)n1.I. The number of nitrogens with one attached hydrogen (secondary N) is 1. The van der Waals surface area contributed by atoms with Crippen molar-refractivity contribution in [2.45, 2.75) is 26.4 Å². The Morgan fingerprint density at radius 2 is 2.07 bits per heavy atom. The van der Waals surface area contributed by atoms with E-state index in [-0.39, 0.29) is 35.8 Å². The summed E-state index contributed by atoms with van der Waals surface area (Å²) in [6.07, 6.45) is 0. The summed E-state index contributed by atoms with van der Waals surface area (Å²) in [6, 6.07) is 6.74. The number of guanidine groups is 1. The number of aliphatic imine (C=N–C) groups is 1. The summed E-state index contributed by atoms with van der Waals surface area (Å²) in [6.45, 7) is 6.08. The van der Waals surface area contributed by atoms with Crippen molar-refractivity contribution in [3.63, 3.8) is 0 Å². The minimum Gasteiger partial charge on any atom is -0.357 e. The Labute approximate surface area is 182 Å². The Hall–Kier alpha value is -1.26. The third kappa shape index (κ3) is 7.34. The van der Waals surface area contributed by atoms with Gasteiger partial charge in [-0.15, -0.1) is 35.3 Å². The average Bonchev–Trinajstić information content (AvgIpc) is 2.98. The molecule has 0 aliphatic carbocycles. The maximum absolute atomic E-state index is 13.6. The van der Waals surface area contributed by atoms with Crippen LogP contribution in [0, 0.1) is 12.7 Å². The van der Waals surface area contributed by atoms with Gasteiger partial charge in [0.05, 0.1) is 29.8 Å². The van der Waals surface area contributed by atoms with Gasteiger partial charge < -0.3 is 15.1 Å². The lowest BCUT2D eigenvalue weighted by atomic mass is 10.1. The number of nitrogens with zero attached hydrogens (tertiary/aromatic N) is 4. The minimum absolute atomic E-state index is 0. The van der Waals surface area contributed by atoms with Crippen molar-refractivity contribution in [1.82, 2.24) is 20.1 Å². The number of thiazole rings is 1. The van der Waals surface area contributed by atoms with Crippen LogP contribution >= 0.6 is 35.3 Å². The maximum Gasteiger partial charge on any atom is 0.194 e. The van der Waals surface area contributed by atoms with Crippen LogP contribution in [0.2, 0.25) is 0 Å². The van der Waals surface area contributed by atoms with Crippen LogP contribution in [0.3, 0.4) is 0 Å². The van der Waals surface area contributed by atoms with Crippen molar-refractivity contribution in [3.8, 4) is 0 Å². The summed E-state index contributed by atoms with van der Waals surface area (Å²) in [4.78, 5) is 13.4. The van der Waals surface area contributed by atoms with E-state index in [1.807, 2.05) is 41.1 Å². The van der Waals surface area contributed by atoms with Crippen molar-refractivity contribution in [2.75, 3.05) is 34.2 Å². The van der Waals surface area contributed by atoms with Crippen LogP contribution in [-0.4, -0.2) is 55.0 Å². The first-order chi connectivity index (χ1) is 12.4. The summed E-state index contributed by atoms with van der Waals surface area (Å²) >= 11 is 1.65. The average molecular weight is 505 g/mol. The zero-order chi connectivity index (χ0) is 19.1. The number of hydrogen-bond acceptors (Lipinski definition) is 4. The number of benzene rings is 1. The van der Waals surface area contributed by atoms with Crippen molar-refractivity contribution >= 4 is 41.3 Å². The molecule has 0 amide bonds. The number of halogens is 2. The maximum atomic E-state index is 13.6. The molecule has 27 heavy (non-hydrogen) atoms. The first-order valence-corrected chi connectivity index (χ1v) is 9.61. The van der Waals surface area contributed by atoms with Gasteiger partial charge in [0.15, 0.2) is 5.96 Å². The second-order valence-corrected chi connectivity index (χ2v) is 7.51. The molecule has 150 valence electrons. The smallest absolute Gasteiger partial charge is 0.194 e. The van der Waals surface area contributed by atoms with E-state index in [0.717, 1.165) is 28.8 Å². The number of likely N-dealkylation sites (N-methyl/N-ethyl adjacent to an activating group) is 1. The van der Waals surface area contributed by atoms with E-state index in [1.54, 1.807) is 23.5 Å². The van der Waals surface area contributed by atoms with Crippen LogP contribution in [0.15, 0.2) is 34.6 Å². The normalized spacial score (nSPS) is 12.6. The van der Waals surface area contributed by atoms with Crippen LogP contribution in [0.5, 0.6) is 0 Å². The Morgan fingerprint density at radius 3 is 2.63 bits per heavy atom. The Morgan fingerprint density at radius 1 is 1.33 bits per heavy atom. The molecule has 0 radical (unpaired) electrons. The quantitative estimate of drug-likeness (QED) is 0.352. The molecular formula is C19H29FIN5S. The highest BCUT2D eigenvalue weighted by Crippen LogP contribution is 2.19. The van der Waals surface area contributed by atoms with Gasteiger partial charge in [-0.25, -0.2) is 9.37 Å². The number of aromatic nitrogens is 1. The van der Waals surface area contributed by atoms with Crippen LogP contribution in [0.1, 0.15) is 29.2 Å². The highest BCUT2D eigenvalue weighted by atomic mass is 127. The first kappa shape index (κ1) is 23.8. The van der Waals surface area contributed by atoms with E-state index < -0.39 is 0 Å². The molecule has 0 spiro atoms. The molecule has 8 heteroatoms. The predicted molar refractivity (Wildman–Crippen MR) is 123 cm³/mol. The third-order valence-corrected chi connectivity index (χ3v) is 4.86. The number of rotatable bonds is 7. The first-order valence-electron chi connectivity index (χ1n) is 8.73. The molecule has 0 fully saturated rings. The summed E-state index contributed by atoms with van der Waals surface area (Å²) < 4.78 is 13.6. The van der Waals surface area contributed by atoms with Crippen LogP contribution in [0.4, 0.5) is 4.39 Å². The molecule has 2 rings (SSSR count). The topological polar surface area (TPSA) is 43.8 Å². The summed E-state index contributed by atoms with van der Waals surface area (Å²) in [5.74, 6) is 0.600. The van der Waals surface area contributed by atoms with Crippen LogP contribution in [-0.2, 0) is 6.54 Å². The second-order valence-electron chi connectivity index (χ2n) is 6.44. The lowest BCUT2D eigenvalue weighted by Crippen LogP contribution is -2.39. The lowest BCUT2D eigenvalue weighted by molar-refractivity contribution is 0.304. The second kappa shape index (κ2) is 11.6. The summed E-state index contributed by atoms with van der Waals surface area (Å²) in [5, 5.41) is 6.46. The van der Waals surface area contributed by atoms with Crippen LogP contribution < -0.4 is 5.32 Å². The van der Waals surface area contributed by atoms with Gasteiger partial charge in [0, 0.05) is 19.0 Å². The van der Waals surface area contributed by atoms with Gasteiger partial charge >= 0.3 is 0 Å². The molecule has 2 aromatic rings. The Kier molecular flexibility index (Phi) is 10.2.